The predicted octanol–water partition coefficient (Wildman–Crippen LogP) is 2.71. The topological polar surface area (TPSA) is 97.4 Å². The summed E-state index contributed by atoms with van der Waals surface area (Å²) in [7, 11) is 0. The first-order chi connectivity index (χ1) is 10.4. The zero-order valence-electron chi connectivity index (χ0n) is 12.2. The van der Waals surface area contributed by atoms with E-state index in [-0.39, 0.29) is 11.6 Å². The molecule has 7 nitrogen and oxygen atoms in total. The van der Waals surface area contributed by atoms with Crippen molar-refractivity contribution in [2.45, 2.75) is 13.8 Å². The average Bonchev–Trinajstić information content (AvgIpc) is 2.83. The van der Waals surface area contributed by atoms with Gasteiger partial charge >= 0.3 is 0 Å². The molecule has 1 heterocycles. The van der Waals surface area contributed by atoms with E-state index in [1.54, 1.807) is 32.0 Å². The van der Waals surface area contributed by atoms with Crippen molar-refractivity contribution in [3.05, 3.63) is 69.7 Å². The highest BCUT2D eigenvalue weighted by molar-refractivity contribution is 5.95. The zero-order chi connectivity index (χ0) is 16.3. The summed E-state index contributed by atoms with van der Waals surface area (Å²) < 4.78 is 5.28. The van der Waals surface area contributed by atoms with Crippen LogP contribution in [0.25, 0.3) is 5.70 Å². The number of rotatable bonds is 5. The Balaban J connectivity index is 2.04. The summed E-state index contributed by atoms with van der Waals surface area (Å²) in [6.07, 6.45) is 0. The minimum atomic E-state index is -0.493. The summed E-state index contributed by atoms with van der Waals surface area (Å²) in [5.74, 6) is 0.777. The Morgan fingerprint density at radius 2 is 2.00 bits per heavy atom. The predicted molar refractivity (Wildman–Crippen MR) is 80.9 cm³/mol. The molecule has 0 fully saturated rings. The maximum Gasteiger partial charge on any atom is 0.273 e. The molecule has 22 heavy (non-hydrogen) atoms. The molecule has 0 spiro atoms. The molecule has 0 bridgehead atoms. The highest BCUT2D eigenvalue weighted by atomic mass is 16.6. The minimum absolute atomic E-state index is 0.0481. The fraction of sp³-hybridized carbons (Fsp3) is 0.133. The van der Waals surface area contributed by atoms with Crippen LogP contribution in [0.15, 0.2) is 41.3 Å². The molecular formula is C15H15N3O4. The first kappa shape index (κ1) is 15.3. The Hall–Kier alpha value is -3.09. The van der Waals surface area contributed by atoms with Crippen molar-refractivity contribution in [3.8, 4) is 0 Å². The number of nitro benzene ring substituents is 1. The quantitative estimate of drug-likeness (QED) is 0.653. The van der Waals surface area contributed by atoms with Gasteiger partial charge in [-0.15, -0.1) is 0 Å². The molecular weight excluding hydrogens is 286 g/mol. The Morgan fingerprint density at radius 1 is 1.27 bits per heavy atom. The number of carbonyl (C=O) groups excluding carboxylic acids is 1. The number of furan rings is 1. The summed E-state index contributed by atoms with van der Waals surface area (Å²) in [6.45, 7) is 7.19. The number of carbonyl (C=O) groups is 1. The number of non-ortho nitro benzene ring substituents is 1. The number of aryl methyl sites for hydroxylation is 2. The Labute approximate surface area is 126 Å². The molecule has 0 aliphatic carbocycles. The highest BCUT2D eigenvalue weighted by Gasteiger charge is 2.14. The summed E-state index contributed by atoms with van der Waals surface area (Å²) >= 11 is 0. The van der Waals surface area contributed by atoms with Gasteiger partial charge in [0.05, 0.1) is 16.2 Å². The second kappa shape index (κ2) is 6.13. The van der Waals surface area contributed by atoms with Crippen molar-refractivity contribution in [2.24, 2.45) is 0 Å². The van der Waals surface area contributed by atoms with Crippen molar-refractivity contribution < 1.29 is 14.1 Å². The summed E-state index contributed by atoms with van der Waals surface area (Å²) in [5.41, 5.74) is 6.34. The van der Waals surface area contributed by atoms with E-state index < -0.39 is 4.92 Å². The van der Waals surface area contributed by atoms with Gasteiger partial charge in [-0.3, -0.25) is 25.8 Å². The molecule has 0 radical (unpaired) electrons. The molecule has 0 saturated heterocycles. The van der Waals surface area contributed by atoms with Crippen LogP contribution < -0.4 is 10.9 Å². The SMILES string of the molecule is C=C(NNC(=O)c1cc(C)oc1C)c1cccc([N+](=O)[O-])c1. The van der Waals surface area contributed by atoms with Crippen molar-refractivity contribution in [1.82, 2.24) is 10.9 Å². The van der Waals surface area contributed by atoms with E-state index in [1.165, 1.54) is 12.1 Å². The van der Waals surface area contributed by atoms with Gasteiger partial charge in [-0.2, -0.15) is 0 Å². The lowest BCUT2D eigenvalue weighted by Gasteiger charge is -2.10. The molecule has 1 amide bonds. The second-order valence-electron chi connectivity index (χ2n) is 4.69. The number of hydrogen-bond acceptors (Lipinski definition) is 5. The van der Waals surface area contributed by atoms with Crippen molar-refractivity contribution in [3.63, 3.8) is 0 Å². The van der Waals surface area contributed by atoms with Crippen LogP contribution in [0.5, 0.6) is 0 Å². The lowest BCUT2D eigenvalue weighted by molar-refractivity contribution is -0.384. The van der Waals surface area contributed by atoms with Crippen LogP contribution in [0.2, 0.25) is 0 Å². The van der Waals surface area contributed by atoms with Crippen LogP contribution in [0.4, 0.5) is 5.69 Å². The highest BCUT2D eigenvalue weighted by Crippen LogP contribution is 2.17. The van der Waals surface area contributed by atoms with Crippen molar-refractivity contribution in [2.75, 3.05) is 0 Å². The van der Waals surface area contributed by atoms with Crippen molar-refractivity contribution in [1.29, 1.82) is 0 Å². The van der Waals surface area contributed by atoms with Crippen LogP contribution in [-0.2, 0) is 0 Å². The Morgan fingerprint density at radius 3 is 2.59 bits per heavy atom. The lowest BCUT2D eigenvalue weighted by atomic mass is 10.1. The molecule has 0 aliphatic heterocycles. The van der Waals surface area contributed by atoms with E-state index in [0.29, 0.717) is 28.3 Å². The number of hydrogen-bond donors (Lipinski definition) is 2. The summed E-state index contributed by atoms with van der Waals surface area (Å²) in [5, 5.41) is 10.7. The molecule has 1 aromatic carbocycles. The smallest absolute Gasteiger partial charge is 0.273 e. The maximum absolute atomic E-state index is 12.0. The number of amides is 1. The molecule has 0 unspecified atom stereocenters. The lowest BCUT2D eigenvalue weighted by Crippen LogP contribution is -2.35. The normalized spacial score (nSPS) is 10.1. The number of nitrogens with one attached hydrogen (secondary N) is 2. The average molecular weight is 301 g/mol. The van der Waals surface area contributed by atoms with Crippen LogP contribution >= 0.6 is 0 Å². The van der Waals surface area contributed by atoms with Crippen molar-refractivity contribution >= 4 is 17.3 Å². The number of nitrogens with zero attached hydrogens (tertiary/aromatic N) is 1. The van der Waals surface area contributed by atoms with Gasteiger partial charge in [0.2, 0.25) is 0 Å². The second-order valence-corrected chi connectivity index (χ2v) is 4.69. The molecule has 0 atom stereocenters. The van der Waals surface area contributed by atoms with Crippen LogP contribution in [0.3, 0.4) is 0 Å². The van der Waals surface area contributed by atoms with Gasteiger partial charge in [0.25, 0.3) is 11.6 Å². The van der Waals surface area contributed by atoms with E-state index in [2.05, 4.69) is 17.4 Å². The summed E-state index contributed by atoms with van der Waals surface area (Å²) in [4.78, 5) is 22.3. The van der Waals surface area contributed by atoms with Gasteiger partial charge in [0.1, 0.15) is 11.5 Å². The van der Waals surface area contributed by atoms with Gasteiger partial charge in [0, 0.05) is 17.7 Å². The van der Waals surface area contributed by atoms with Crippen LogP contribution in [0.1, 0.15) is 27.4 Å². The minimum Gasteiger partial charge on any atom is -0.466 e. The third kappa shape index (κ3) is 3.32. The van der Waals surface area contributed by atoms with E-state index >= 15 is 0 Å². The molecule has 2 aromatic rings. The molecule has 1 aromatic heterocycles. The Bertz CT molecular complexity index is 749. The fourth-order valence-electron chi connectivity index (χ4n) is 1.94. The number of hydrazine groups is 1. The monoisotopic (exact) mass is 301 g/mol. The standard InChI is InChI=1S/C15H15N3O4/c1-9-7-14(11(3)22-9)15(19)17-16-10(2)12-5-4-6-13(8-12)18(20)21/h4-8,16H,2H2,1,3H3,(H,17,19). The molecule has 0 aliphatic rings. The third-order valence-corrected chi connectivity index (χ3v) is 3.02. The van der Waals surface area contributed by atoms with E-state index in [9.17, 15) is 14.9 Å². The van der Waals surface area contributed by atoms with Gasteiger partial charge < -0.3 is 4.42 Å². The van der Waals surface area contributed by atoms with E-state index in [0.717, 1.165) is 0 Å². The number of nitro groups is 1. The molecule has 7 heteroatoms. The zero-order valence-corrected chi connectivity index (χ0v) is 12.2. The van der Waals surface area contributed by atoms with E-state index in [4.69, 9.17) is 4.42 Å². The first-order valence-electron chi connectivity index (χ1n) is 6.45. The first-order valence-corrected chi connectivity index (χ1v) is 6.45. The molecule has 114 valence electrons. The summed E-state index contributed by atoms with van der Waals surface area (Å²) in [6, 6.07) is 7.58. The largest absolute Gasteiger partial charge is 0.466 e. The fourth-order valence-corrected chi connectivity index (χ4v) is 1.94. The molecule has 2 N–H and O–H groups in total. The van der Waals surface area contributed by atoms with Crippen LogP contribution in [-0.4, -0.2) is 10.8 Å². The Kier molecular flexibility index (Phi) is 4.26. The van der Waals surface area contributed by atoms with Gasteiger partial charge in [0.15, 0.2) is 0 Å². The molecule has 0 saturated carbocycles. The molecule has 2 rings (SSSR count). The third-order valence-electron chi connectivity index (χ3n) is 3.02. The van der Waals surface area contributed by atoms with E-state index in [1.807, 2.05) is 0 Å². The number of benzene rings is 1. The van der Waals surface area contributed by atoms with Gasteiger partial charge in [-0.25, -0.2) is 0 Å². The van der Waals surface area contributed by atoms with Crippen LogP contribution in [0, 0.1) is 24.0 Å². The maximum atomic E-state index is 12.0. The van der Waals surface area contributed by atoms with Gasteiger partial charge in [-0.05, 0) is 19.9 Å². The van der Waals surface area contributed by atoms with Gasteiger partial charge in [-0.1, -0.05) is 18.7 Å².